The maximum Gasteiger partial charge on any atom is 0.206 e. The molecule has 147 heavy (non-hydrogen) atoms. The predicted molar refractivity (Wildman–Crippen MR) is 573 cm³/mol. The van der Waals surface area contributed by atoms with Gasteiger partial charge in [-0.1, -0.05) is 99.5 Å². The van der Waals surface area contributed by atoms with E-state index in [2.05, 4.69) is 27.7 Å². The van der Waals surface area contributed by atoms with Crippen molar-refractivity contribution in [2.75, 3.05) is 92.4 Å². The fraction of sp³-hybridized carbons (Fsp3) is 0.282. The maximum absolute atomic E-state index is 14.4. The molecule has 0 saturated heterocycles. The fourth-order valence-electron chi connectivity index (χ4n) is 19.9. The van der Waals surface area contributed by atoms with Crippen molar-refractivity contribution in [1.82, 2.24) is 0 Å². The first-order valence-electron chi connectivity index (χ1n) is 47.5. The van der Waals surface area contributed by atoms with E-state index in [1.807, 2.05) is 98.8 Å². The molecule has 7 N–H and O–H groups in total. The summed E-state index contributed by atoms with van der Waals surface area (Å²) in [5, 5.41) is 90.9. The highest BCUT2D eigenvalue weighted by Gasteiger charge is 2.60. The van der Waals surface area contributed by atoms with Crippen molar-refractivity contribution in [3.05, 3.63) is 337 Å². The van der Waals surface area contributed by atoms with Gasteiger partial charge < -0.3 is 107 Å². The fourth-order valence-corrected chi connectivity index (χ4v) is 33.3. The number of sulfone groups is 2. The van der Waals surface area contributed by atoms with E-state index in [4.69, 9.17) is 71.1 Å². The standard InChI is InChI=1S/C117H128O26P2S2/c1-72-23-41-94(42-24-72)146(125,126)96-45-37-88(38-46-96)142-101-49-31-84(116(3,4)82-27-33-86(129-7)34-28-82)51-80(101)70-144(111-75(64-119)53-90(131-9)59-105(111)137-15,112-76(65-120)54-91(132-10)60-106(112)138-16)110-79(68-123)58-103(135-13)99(100(110)69-124)22-20-21-98-74(63-118)57-104(136-14)115(109(98)141-19)145(113-77(66-121)55-92(133-11)61-107(113)139-17,114-78(67-122)56-93(134-12)62-108(114)140-18)71-81-52-85(117(5,6)83-29-35-87(130-8)36-30-83)32-50-102(81)143-89-39-47-97(48-40-89)147(127,128)95-43-25-73(2)26-44-95/h23-62,118-124H,20-22,63-71H2,1-19H3/q+2. The molecule has 14 aromatic rings. The summed E-state index contributed by atoms with van der Waals surface area (Å²) in [4.78, 5) is 0.217. The number of hydrogen-bond donors (Lipinski definition) is 7. The summed E-state index contributed by atoms with van der Waals surface area (Å²) in [5.74, 6) is 4.70. The van der Waals surface area contributed by atoms with Crippen molar-refractivity contribution in [2.24, 2.45) is 0 Å². The third-order valence-corrected chi connectivity index (χ3v) is 40.5. The largest absolute Gasteiger partial charge is 0.497 e. The van der Waals surface area contributed by atoms with Crippen LogP contribution in [-0.2, 0) is 102 Å². The SMILES string of the molecule is COc1ccc(C(C)(C)c2ccc(Oc3ccc(S(=O)(=O)c4ccc(C)cc4)cc3)c(C[P+](c3c(CO)cc(OC)cc3OC)(c3c(CO)cc(OC)cc3OC)c3c(CO)cc(OC)c(CCCc4c(CO)cc(OC)c([P+](Cc5cc(C(C)(C)c6ccc(OC)cc6)ccc5Oc5ccc(S(=O)(=O)c6ccc(C)cc6)cc5)(c5c(CO)cc(OC)cc5OC)c5c(CO)cc(OC)cc5OC)c4OC)c3CO)c2)cc1. The minimum atomic E-state index is -4.33. The zero-order valence-electron chi connectivity index (χ0n) is 86.2. The van der Waals surface area contributed by atoms with Gasteiger partial charge in [0.1, 0.15) is 95.4 Å². The number of aliphatic hydroxyl groups is 7. The van der Waals surface area contributed by atoms with Gasteiger partial charge in [0, 0.05) is 90.7 Å². The van der Waals surface area contributed by atoms with Crippen molar-refractivity contribution >= 4 is 66.0 Å². The van der Waals surface area contributed by atoms with Gasteiger partial charge in [0.2, 0.25) is 19.7 Å². The first-order valence-corrected chi connectivity index (χ1v) is 54.4. The molecule has 0 bridgehead atoms. The van der Waals surface area contributed by atoms with Crippen LogP contribution in [0.25, 0.3) is 0 Å². The van der Waals surface area contributed by atoms with Crippen LogP contribution >= 0.6 is 14.5 Å². The van der Waals surface area contributed by atoms with E-state index in [0.717, 1.165) is 33.4 Å². The van der Waals surface area contributed by atoms with Crippen molar-refractivity contribution in [1.29, 1.82) is 0 Å². The van der Waals surface area contributed by atoms with Gasteiger partial charge in [0.15, 0.2) is 61.0 Å². The first-order chi connectivity index (χ1) is 70.7. The molecule has 772 valence electrons. The lowest BCUT2D eigenvalue weighted by molar-refractivity contribution is 0.274. The average Bonchev–Trinajstić information content (AvgIpc) is 0.700. The Morgan fingerprint density at radius 1 is 0.238 bits per heavy atom. The molecule has 0 atom stereocenters. The molecule has 0 aliphatic rings. The summed E-state index contributed by atoms with van der Waals surface area (Å²) in [7, 11) is 2.87. The summed E-state index contributed by atoms with van der Waals surface area (Å²) in [5.41, 5.74) is 7.18. The lowest BCUT2D eigenvalue weighted by atomic mass is 9.77. The van der Waals surface area contributed by atoms with E-state index in [-0.39, 0.29) is 159 Å². The molecule has 14 rings (SSSR count). The van der Waals surface area contributed by atoms with Crippen molar-refractivity contribution in [2.45, 2.75) is 150 Å². The Hall–Kier alpha value is -13.4. The van der Waals surface area contributed by atoms with Crippen LogP contribution in [0.3, 0.4) is 0 Å². The molecule has 0 aliphatic carbocycles. The molecule has 0 amide bonds. The summed E-state index contributed by atoms with van der Waals surface area (Å²) in [6.45, 7) is 7.27. The molecular weight excluding hydrogens is 1950 g/mol. The molecule has 0 saturated carbocycles. The Morgan fingerprint density at radius 2 is 0.517 bits per heavy atom. The molecule has 30 heteroatoms. The van der Waals surface area contributed by atoms with Gasteiger partial charge in [0.05, 0.1) is 158 Å². The Kier molecular flexibility index (Phi) is 34.7. The molecule has 0 heterocycles. The summed E-state index contributed by atoms with van der Waals surface area (Å²) in [6.07, 6.45) is -0.237. The second kappa shape index (κ2) is 46.7. The predicted octanol–water partition coefficient (Wildman–Crippen LogP) is 17.9. The average molecular weight is 2080 g/mol. The number of ether oxygens (including phenoxy) is 15. The van der Waals surface area contributed by atoms with Crippen LogP contribution in [0.5, 0.6) is 97.7 Å². The smallest absolute Gasteiger partial charge is 0.206 e. The third-order valence-electron chi connectivity index (χ3n) is 27.7. The Balaban J connectivity index is 1.06. The van der Waals surface area contributed by atoms with Crippen LogP contribution in [-0.4, -0.2) is 145 Å². The maximum atomic E-state index is 14.4. The molecule has 0 spiro atoms. The number of rotatable bonds is 46. The van der Waals surface area contributed by atoms with Gasteiger partial charge in [-0.3, -0.25) is 0 Å². The summed E-state index contributed by atoms with van der Waals surface area (Å²) < 4.78 is 155. The zero-order chi connectivity index (χ0) is 106. The van der Waals surface area contributed by atoms with Crippen molar-refractivity contribution in [3.63, 3.8) is 0 Å². The van der Waals surface area contributed by atoms with Gasteiger partial charge in [-0.05, 0) is 219 Å². The Labute approximate surface area is 861 Å². The minimum Gasteiger partial charge on any atom is -0.497 e. The molecule has 0 radical (unpaired) electrons. The van der Waals surface area contributed by atoms with Crippen LogP contribution in [0.4, 0.5) is 0 Å². The van der Waals surface area contributed by atoms with E-state index in [0.29, 0.717) is 82.6 Å². The highest BCUT2D eigenvalue weighted by molar-refractivity contribution is 7.96. The molecule has 14 aromatic carbocycles. The first kappa shape index (κ1) is 109. The normalized spacial score (nSPS) is 11.9. The monoisotopic (exact) mass is 2070 g/mol. The number of aryl methyl sites for hydroxylation is 2. The van der Waals surface area contributed by atoms with Crippen LogP contribution in [0.15, 0.2) is 262 Å². The number of benzene rings is 14. The summed E-state index contributed by atoms with van der Waals surface area (Å²) in [6, 6.07) is 69.6. The van der Waals surface area contributed by atoms with E-state index in [1.54, 1.807) is 148 Å². The molecule has 0 fully saturated rings. The van der Waals surface area contributed by atoms with Crippen molar-refractivity contribution < 1.29 is 124 Å². The molecule has 0 aliphatic heterocycles. The summed E-state index contributed by atoms with van der Waals surface area (Å²) >= 11 is 0. The van der Waals surface area contributed by atoms with Gasteiger partial charge in [-0.25, -0.2) is 16.8 Å². The lowest BCUT2D eigenvalue weighted by Crippen LogP contribution is -2.41. The van der Waals surface area contributed by atoms with Gasteiger partial charge >= 0.3 is 0 Å². The van der Waals surface area contributed by atoms with Gasteiger partial charge in [0.25, 0.3) is 0 Å². The van der Waals surface area contributed by atoms with E-state index >= 15 is 0 Å². The number of hydrogen-bond acceptors (Lipinski definition) is 26. The second-order valence-electron chi connectivity index (χ2n) is 36.5. The Bertz CT molecular complexity index is 6640. The molecular formula is C117H128O26P2S2+2. The quantitative estimate of drug-likeness (QED) is 0.0174. The van der Waals surface area contributed by atoms with E-state index < -0.39 is 91.3 Å². The third kappa shape index (κ3) is 21.5. The topological polar surface area (TPSA) is 348 Å². The lowest BCUT2D eigenvalue weighted by Gasteiger charge is -2.36. The molecule has 26 nitrogen and oxygen atoms in total. The van der Waals surface area contributed by atoms with Crippen LogP contribution in [0.1, 0.15) is 129 Å². The highest BCUT2D eigenvalue weighted by Crippen LogP contribution is 2.70. The van der Waals surface area contributed by atoms with Crippen LogP contribution in [0, 0.1) is 13.8 Å². The van der Waals surface area contributed by atoms with Gasteiger partial charge in [-0.2, -0.15) is 0 Å². The highest BCUT2D eigenvalue weighted by atomic mass is 32.2. The van der Waals surface area contributed by atoms with E-state index in [1.165, 1.54) is 102 Å². The molecule has 0 unspecified atom stereocenters. The second-order valence-corrected chi connectivity index (χ2v) is 47.0. The number of methoxy groups -OCH3 is 13. The minimum absolute atomic E-state index is 0.000438. The van der Waals surface area contributed by atoms with Crippen LogP contribution < -0.4 is 103 Å². The Morgan fingerprint density at radius 3 is 0.816 bits per heavy atom. The van der Waals surface area contributed by atoms with Gasteiger partial charge in [-0.15, -0.1) is 0 Å². The molecule has 0 aromatic heterocycles. The number of aliphatic hydroxyl groups excluding tert-OH is 7. The zero-order valence-corrected chi connectivity index (χ0v) is 89.6. The van der Waals surface area contributed by atoms with E-state index in [9.17, 15) is 52.6 Å². The van der Waals surface area contributed by atoms with Crippen molar-refractivity contribution in [3.8, 4) is 97.7 Å². The van der Waals surface area contributed by atoms with Crippen LogP contribution in [0.2, 0.25) is 0 Å².